The third-order valence-corrected chi connectivity index (χ3v) is 2.87. The van der Waals surface area contributed by atoms with Gasteiger partial charge < -0.3 is 14.8 Å². The van der Waals surface area contributed by atoms with Gasteiger partial charge in [0.05, 0.1) is 4.47 Å². The Bertz CT molecular complexity index is 637. The minimum atomic E-state index is -4.75. The van der Waals surface area contributed by atoms with Gasteiger partial charge in [0.15, 0.2) is 0 Å². The van der Waals surface area contributed by atoms with E-state index < -0.39 is 6.36 Å². The molecule has 0 aliphatic carbocycles. The normalized spacial score (nSPS) is 11.1. The number of nitrogens with one attached hydrogen (secondary N) is 1. The zero-order chi connectivity index (χ0) is 15.5. The van der Waals surface area contributed by atoms with Crippen LogP contribution in [0.25, 0.3) is 0 Å². The molecule has 21 heavy (non-hydrogen) atoms. The van der Waals surface area contributed by atoms with Crippen molar-refractivity contribution < 1.29 is 22.6 Å². The van der Waals surface area contributed by atoms with Crippen molar-refractivity contribution in [3.63, 3.8) is 0 Å². The standard InChI is InChI=1S/C12H9BrF3N3O2/c1-17-10-5-11(19-6-18-10)20-7-2-3-9(8(13)4-7)21-12(14,15)16/h2-6H,1H3,(H,17,18,19). The van der Waals surface area contributed by atoms with E-state index in [0.717, 1.165) is 6.07 Å². The van der Waals surface area contributed by atoms with E-state index in [-0.39, 0.29) is 16.1 Å². The summed E-state index contributed by atoms with van der Waals surface area (Å²) < 4.78 is 45.8. The zero-order valence-corrected chi connectivity index (χ0v) is 12.2. The lowest BCUT2D eigenvalue weighted by molar-refractivity contribution is -0.274. The lowest BCUT2D eigenvalue weighted by Gasteiger charge is -2.12. The highest BCUT2D eigenvalue weighted by Crippen LogP contribution is 2.34. The lowest BCUT2D eigenvalue weighted by atomic mass is 10.3. The second-order valence-corrected chi connectivity index (χ2v) is 4.59. The molecule has 1 aromatic heterocycles. The summed E-state index contributed by atoms with van der Waals surface area (Å²) in [6.07, 6.45) is -3.45. The van der Waals surface area contributed by atoms with E-state index in [1.807, 2.05) is 0 Å². The number of halogens is 4. The molecule has 0 fully saturated rings. The molecule has 1 aromatic carbocycles. The summed E-state index contributed by atoms with van der Waals surface area (Å²) in [5, 5.41) is 2.81. The number of benzene rings is 1. The van der Waals surface area contributed by atoms with E-state index in [1.165, 1.54) is 18.5 Å². The topological polar surface area (TPSA) is 56.3 Å². The first-order chi connectivity index (χ1) is 9.87. The maximum atomic E-state index is 12.2. The maximum absolute atomic E-state index is 12.2. The number of aromatic nitrogens is 2. The molecule has 0 saturated heterocycles. The molecule has 1 N–H and O–H groups in total. The first-order valence-corrected chi connectivity index (χ1v) is 6.39. The quantitative estimate of drug-likeness (QED) is 0.890. The van der Waals surface area contributed by atoms with Crippen LogP contribution >= 0.6 is 15.9 Å². The minimum absolute atomic E-state index is 0.111. The molecule has 0 spiro atoms. The first kappa shape index (κ1) is 15.4. The predicted octanol–water partition coefficient (Wildman–Crippen LogP) is 3.97. The van der Waals surface area contributed by atoms with Crippen LogP contribution in [0.4, 0.5) is 19.0 Å². The van der Waals surface area contributed by atoms with Crippen LogP contribution in [-0.2, 0) is 0 Å². The van der Waals surface area contributed by atoms with Gasteiger partial charge in [-0.15, -0.1) is 13.2 Å². The van der Waals surface area contributed by atoms with Crippen molar-refractivity contribution >= 4 is 21.7 Å². The third kappa shape index (κ3) is 4.48. The molecule has 0 aliphatic rings. The van der Waals surface area contributed by atoms with Crippen LogP contribution in [0.2, 0.25) is 0 Å². The first-order valence-electron chi connectivity index (χ1n) is 5.60. The summed E-state index contributed by atoms with van der Waals surface area (Å²) in [5.74, 6) is 0.757. The fraction of sp³-hybridized carbons (Fsp3) is 0.167. The molecular weight excluding hydrogens is 355 g/mol. The number of nitrogens with zero attached hydrogens (tertiary/aromatic N) is 2. The van der Waals surface area contributed by atoms with Gasteiger partial charge in [-0.25, -0.2) is 9.97 Å². The highest BCUT2D eigenvalue weighted by molar-refractivity contribution is 9.10. The summed E-state index contributed by atoms with van der Waals surface area (Å²) in [6.45, 7) is 0. The molecule has 0 amide bonds. The zero-order valence-electron chi connectivity index (χ0n) is 10.6. The summed E-state index contributed by atoms with van der Waals surface area (Å²) >= 11 is 2.99. The number of hydrogen-bond donors (Lipinski definition) is 1. The third-order valence-electron chi connectivity index (χ3n) is 2.25. The lowest BCUT2D eigenvalue weighted by Crippen LogP contribution is -2.17. The number of anilines is 1. The Kier molecular flexibility index (Phi) is 4.51. The van der Waals surface area contributed by atoms with Gasteiger partial charge in [0.2, 0.25) is 5.88 Å². The average molecular weight is 364 g/mol. The maximum Gasteiger partial charge on any atom is 0.573 e. The number of alkyl halides is 3. The van der Waals surface area contributed by atoms with E-state index in [9.17, 15) is 13.2 Å². The molecule has 9 heteroatoms. The second kappa shape index (κ2) is 6.17. The second-order valence-electron chi connectivity index (χ2n) is 3.73. The summed E-state index contributed by atoms with van der Waals surface area (Å²) in [7, 11) is 1.69. The monoisotopic (exact) mass is 363 g/mol. The van der Waals surface area contributed by atoms with Crippen LogP contribution < -0.4 is 14.8 Å². The number of hydrogen-bond acceptors (Lipinski definition) is 5. The Hall–Kier alpha value is -2.03. The van der Waals surface area contributed by atoms with Crippen LogP contribution in [-0.4, -0.2) is 23.4 Å². The number of rotatable bonds is 4. The largest absolute Gasteiger partial charge is 0.573 e. The van der Waals surface area contributed by atoms with E-state index in [2.05, 4.69) is 36.0 Å². The summed E-state index contributed by atoms with van der Waals surface area (Å²) in [6, 6.07) is 5.39. The van der Waals surface area contributed by atoms with Crippen molar-refractivity contribution in [2.24, 2.45) is 0 Å². The fourth-order valence-corrected chi connectivity index (χ4v) is 1.84. The molecule has 2 rings (SSSR count). The molecule has 0 saturated carbocycles. The van der Waals surface area contributed by atoms with Gasteiger partial charge in [-0.05, 0) is 34.1 Å². The van der Waals surface area contributed by atoms with E-state index in [1.54, 1.807) is 13.1 Å². The van der Waals surface area contributed by atoms with Gasteiger partial charge in [0.25, 0.3) is 0 Å². The molecule has 0 atom stereocenters. The molecular formula is C12H9BrF3N3O2. The van der Waals surface area contributed by atoms with Crippen molar-refractivity contribution in [1.82, 2.24) is 9.97 Å². The van der Waals surface area contributed by atoms with Crippen LogP contribution in [0.1, 0.15) is 0 Å². The van der Waals surface area contributed by atoms with Gasteiger partial charge in [-0.3, -0.25) is 0 Å². The van der Waals surface area contributed by atoms with Crippen molar-refractivity contribution in [3.05, 3.63) is 35.1 Å². The van der Waals surface area contributed by atoms with E-state index in [4.69, 9.17) is 4.74 Å². The average Bonchev–Trinajstić information content (AvgIpc) is 2.41. The van der Waals surface area contributed by atoms with Crippen LogP contribution in [0.5, 0.6) is 17.4 Å². The van der Waals surface area contributed by atoms with Crippen LogP contribution in [0.3, 0.4) is 0 Å². The van der Waals surface area contributed by atoms with Crippen molar-refractivity contribution in [2.75, 3.05) is 12.4 Å². The van der Waals surface area contributed by atoms with Gasteiger partial charge in [-0.2, -0.15) is 0 Å². The molecule has 0 bridgehead atoms. The molecule has 1 heterocycles. The Morgan fingerprint density at radius 3 is 2.57 bits per heavy atom. The van der Waals surface area contributed by atoms with Gasteiger partial charge >= 0.3 is 6.36 Å². The molecule has 0 unspecified atom stereocenters. The van der Waals surface area contributed by atoms with Gasteiger partial charge in [0.1, 0.15) is 23.6 Å². The highest BCUT2D eigenvalue weighted by Gasteiger charge is 2.32. The van der Waals surface area contributed by atoms with Gasteiger partial charge in [0, 0.05) is 13.1 Å². The molecule has 0 aliphatic heterocycles. The van der Waals surface area contributed by atoms with Crippen molar-refractivity contribution in [2.45, 2.75) is 6.36 Å². The van der Waals surface area contributed by atoms with Crippen molar-refractivity contribution in [1.29, 1.82) is 0 Å². The predicted molar refractivity (Wildman–Crippen MR) is 72.5 cm³/mol. The molecule has 112 valence electrons. The molecule has 5 nitrogen and oxygen atoms in total. The van der Waals surface area contributed by atoms with E-state index >= 15 is 0 Å². The summed E-state index contributed by atoms with van der Waals surface area (Å²) in [5.41, 5.74) is 0. The SMILES string of the molecule is CNc1cc(Oc2ccc(OC(F)(F)F)c(Br)c2)ncn1. The Morgan fingerprint density at radius 2 is 1.95 bits per heavy atom. The van der Waals surface area contributed by atoms with Crippen LogP contribution in [0.15, 0.2) is 35.1 Å². The fourth-order valence-electron chi connectivity index (χ4n) is 1.41. The van der Waals surface area contributed by atoms with Crippen LogP contribution in [0, 0.1) is 0 Å². The number of ether oxygens (including phenoxy) is 2. The highest BCUT2D eigenvalue weighted by atomic mass is 79.9. The summed E-state index contributed by atoms with van der Waals surface area (Å²) in [4.78, 5) is 7.81. The van der Waals surface area contributed by atoms with E-state index in [0.29, 0.717) is 11.6 Å². The van der Waals surface area contributed by atoms with Crippen molar-refractivity contribution in [3.8, 4) is 17.4 Å². The Labute approximate surface area is 126 Å². The Morgan fingerprint density at radius 1 is 1.19 bits per heavy atom. The molecule has 2 aromatic rings. The minimum Gasteiger partial charge on any atom is -0.439 e. The smallest absolute Gasteiger partial charge is 0.439 e. The molecule has 0 radical (unpaired) electrons. The Balaban J connectivity index is 2.16. The van der Waals surface area contributed by atoms with Gasteiger partial charge in [-0.1, -0.05) is 0 Å².